The zero-order valence-corrected chi connectivity index (χ0v) is 10.7. The number of ether oxygens (including phenoxy) is 1. The van der Waals surface area contributed by atoms with E-state index in [9.17, 15) is 0 Å². The molecule has 3 N–H and O–H groups in total. The van der Waals surface area contributed by atoms with Crippen LogP contribution in [0.2, 0.25) is 0 Å². The molecule has 19 heavy (non-hydrogen) atoms. The fraction of sp³-hybridized carbons (Fsp3) is 0.231. The molecule has 0 fully saturated rings. The Kier molecular flexibility index (Phi) is 4.02. The van der Waals surface area contributed by atoms with Gasteiger partial charge < -0.3 is 15.7 Å². The highest BCUT2D eigenvalue weighted by Gasteiger charge is 2.00. The topological polar surface area (TPSA) is 85.7 Å². The first-order chi connectivity index (χ1) is 9.19. The quantitative estimate of drug-likeness (QED) is 0.368. The number of aryl methyl sites for hydroxylation is 1. The van der Waals surface area contributed by atoms with Gasteiger partial charge in [-0.2, -0.15) is 5.10 Å². The van der Waals surface area contributed by atoms with Gasteiger partial charge in [-0.25, -0.2) is 0 Å². The summed E-state index contributed by atoms with van der Waals surface area (Å²) in [7, 11) is 0. The van der Waals surface area contributed by atoms with E-state index >= 15 is 0 Å². The van der Waals surface area contributed by atoms with E-state index in [0.29, 0.717) is 18.7 Å². The van der Waals surface area contributed by atoms with E-state index in [2.05, 4.69) is 10.3 Å². The predicted octanol–water partition coefficient (Wildman–Crippen LogP) is 1.37. The van der Waals surface area contributed by atoms with Gasteiger partial charge in [0.25, 0.3) is 0 Å². The summed E-state index contributed by atoms with van der Waals surface area (Å²) in [4.78, 5) is 0. The first-order valence-electron chi connectivity index (χ1n) is 5.89. The van der Waals surface area contributed by atoms with Gasteiger partial charge >= 0.3 is 0 Å². The summed E-state index contributed by atoms with van der Waals surface area (Å²) in [5.74, 6) is 0.817. The molecule has 6 nitrogen and oxygen atoms in total. The molecule has 0 saturated carbocycles. The van der Waals surface area contributed by atoms with Gasteiger partial charge in [-0.1, -0.05) is 5.16 Å². The molecule has 2 aromatic rings. The number of hydrogen-bond donors (Lipinski definition) is 2. The maximum absolute atomic E-state index is 8.55. The molecule has 0 amide bonds. The van der Waals surface area contributed by atoms with Crippen LogP contribution >= 0.6 is 0 Å². The van der Waals surface area contributed by atoms with Gasteiger partial charge in [-0.15, -0.1) is 0 Å². The third-order valence-corrected chi connectivity index (χ3v) is 2.61. The fourth-order valence-corrected chi connectivity index (χ4v) is 1.63. The van der Waals surface area contributed by atoms with Crippen molar-refractivity contribution in [3.8, 4) is 5.75 Å². The van der Waals surface area contributed by atoms with Gasteiger partial charge in [0.2, 0.25) is 0 Å². The molecular formula is C13H16N4O2. The maximum atomic E-state index is 8.55. The molecule has 0 unspecified atom stereocenters. The highest BCUT2D eigenvalue weighted by molar-refractivity contribution is 5.97. The molecule has 0 aliphatic carbocycles. The molecular weight excluding hydrogens is 244 g/mol. The molecule has 0 bridgehead atoms. The average Bonchev–Trinajstić information content (AvgIpc) is 2.84. The van der Waals surface area contributed by atoms with E-state index in [1.165, 1.54) is 0 Å². The lowest BCUT2D eigenvalue weighted by Gasteiger charge is -2.07. The van der Waals surface area contributed by atoms with Crippen LogP contribution in [0.1, 0.15) is 11.1 Å². The summed E-state index contributed by atoms with van der Waals surface area (Å²) in [5.41, 5.74) is 7.25. The minimum atomic E-state index is 0.0820. The standard InChI is InChI=1S/C13H16N4O2/c1-10-8-15-17(9-10)6-7-19-12-4-2-11(3-5-12)13(14)16-18/h2-5,8-9,18H,6-7H2,1H3,(H2,14,16). The maximum Gasteiger partial charge on any atom is 0.170 e. The van der Waals surface area contributed by atoms with Crippen LogP contribution in [0.4, 0.5) is 0 Å². The minimum Gasteiger partial charge on any atom is -0.492 e. The third-order valence-electron chi connectivity index (χ3n) is 2.61. The van der Waals surface area contributed by atoms with Crippen molar-refractivity contribution in [3.05, 3.63) is 47.8 Å². The van der Waals surface area contributed by atoms with E-state index in [0.717, 1.165) is 11.3 Å². The largest absolute Gasteiger partial charge is 0.492 e. The zero-order valence-electron chi connectivity index (χ0n) is 10.7. The van der Waals surface area contributed by atoms with Crippen molar-refractivity contribution in [2.75, 3.05) is 6.61 Å². The SMILES string of the molecule is Cc1cnn(CCOc2ccc(/C(N)=N/O)cc2)c1. The Bertz CT molecular complexity index is 560. The van der Waals surface area contributed by atoms with Crippen molar-refractivity contribution in [3.63, 3.8) is 0 Å². The second kappa shape index (κ2) is 5.90. The van der Waals surface area contributed by atoms with Crippen molar-refractivity contribution in [1.29, 1.82) is 0 Å². The van der Waals surface area contributed by atoms with Gasteiger partial charge in [0, 0.05) is 11.8 Å². The molecule has 0 atom stereocenters. The van der Waals surface area contributed by atoms with E-state index in [-0.39, 0.29) is 5.84 Å². The number of nitrogens with two attached hydrogens (primary N) is 1. The van der Waals surface area contributed by atoms with Crippen molar-refractivity contribution < 1.29 is 9.94 Å². The molecule has 0 saturated heterocycles. The Morgan fingerprint density at radius 3 is 2.74 bits per heavy atom. The highest BCUT2D eigenvalue weighted by atomic mass is 16.5. The van der Waals surface area contributed by atoms with Crippen LogP contribution < -0.4 is 10.5 Å². The van der Waals surface area contributed by atoms with Crippen LogP contribution in [0.15, 0.2) is 41.8 Å². The molecule has 1 aromatic carbocycles. The molecule has 100 valence electrons. The van der Waals surface area contributed by atoms with Gasteiger partial charge in [0.1, 0.15) is 12.4 Å². The highest BCUT2D eigenvalue weighted by Crippen LogP contribution is 2.12. The average molecular weight is 260 g/mol. The monoisotopic (exact) mass is 260 g/mol. The van der Waals surface area contributed by atoms with E-state index in [1.54, 1.807) is 24.3 Å². The third kappa shape index (κ3) is 3.48. The van der Waals surface area contributed by atoms with Gasteiger partial charge in [0.15, 0.2) is 5.84 Å². The second-order valence-electron chi connectivity index (χ2n) is 4.14. The fourth-order valence-electron chi connectivity index (χ4n) is 1.63. The summed E-state index contributed by atoms with van der Waals surface area (Å²) in [6, 6.07) is 7.04. The number of rotatable bonds is 5. The Morgan fingerprint density at radius 1 is 1.42 bits per heavy atom. The van der Waals surface area contributed by atoms with Crippen molar-refractivity contribution >= 4 is 5.84 Å². The van der Waals surface area contributed by atoms with Crippen LogP contribution in [-0.4, -0.2) is 27.4 Å². The van der Waals surface area contributed by atoms with Gasteiger partial charge in [-0.05, 0) is 36.8 Å². The number of oxime groups is 1. The number of nitrogens with zero attached hydrogens (tertiary/aromatic N) is 3. The zero-order chi connectivity index (χ0) is 13.7. The van der Waals surface area contributed by atoms with Crippen molar-refractivity contribution in [1.82, 2.24) is 9.78 Å². The summed E-state index contributed by atoms with van der Waals surface area (Å²) < 4.78 is 7.42. The lowest BCUT2D eigenvalue weighted by molar-refractivity contribution is 0.291. The van der Waals surface area contributed by atoms with Crippen LogP contribution in [-0.2, 0) is 6.54 Å². The molecule has 2 rings (SSSR count). The van der Waals surface area contributed by atoms with Gasteiger partial charge in [-0.3, -0.25) is 4.68 Å². The molecule has 1 aromatic heterocycles. The Hall–Kier alpha value is -2.50. The van der Waals surface area contributed by atoms with Gasteiger partial charge in [0.05, 0.1) is 12.7 Å². The first-order valence-corrected chi connectivity index (χ1v) is 5.89. The first kappa shape index (κ1) is 12.9. The van der Waals surface area contributed by atoms with E-state index < -0.39 is 0 Å². The summed E-state index contributed by atoms with van der Waals surface area (Å²) in [6.45, 7) is 3.22. The second-order valence-corrected chi connectivity index (χ2v) is 4.14. The lowest BCUT2D eigenvalue weighted by Crippen LogP contribution is -2.13. The van der Waals surface area contributed by atoms with Crippen LogP contribution in [0.25, 0.3) is 0 Å². The number of aromatic nitrogens is 2. The van der Waals surface area contributed by atoms with Crippen LogP contribution in [0, 0.1) is 6.92 Å². The normalized spacial score (nSPS) is 11.5. The Balaban J connectivity index is 1.86. The van der Waals surface area contributed by atoms with Crippen molar-refractivity contribution in [2.45, 2.75) is 13.5 Å². The molecule has 1 heterocycles. The van der Waals surface area contributed by atoms with Crippen molar-refractivity contribution in [2.24, 2.45) is 10.9 Å². The van der Waals surface area contributed by atoms with E-state index in [4.69, 9.17) is 15.7 Å². The molecule has 0 aliphatic heterocycles. The summed E-state index contributed by atoms with van der Waals surface area (Å²) in [5, 5.41) is 15.7. The predicted molar refractivity (Wildman–Crippen MR) is 71.4 cm³/mol. The minimum absolute atomic E-state index is 0.0820. The molecule has 0 radical (unpaired) electrons. The van der Waals surface area contributed by atoms with Crippen LogP contribution in [0.5, 0.6) is 5.75 Å². The Labute approximate surface area is 111 Å². The Morgan fingerprint density at radius 2 is 2.16 bits per heavy atom. The number of amidine groups is 1. The van der Waals surface area contributed by atoms with E-state index in [1.807, 2.05) is 24.0 Å². The number of hydrogen-bond acceptors (Lipinski definition) is 4. The smallest absolute Gasteiger partial charge is 0.170 e. The molecule has 6 heteroatoms. The lowest BCUT2D eigenvalue weighted by atomic mass is 10.2. The number of benzene rings is 1. The molecule has 0 spiro atoms. The summed E-state index contributed by atoms with van der Waals surface area (Å²) >= 11 is 0. The summed E-state index contributed by atoms with van der Waals surface area (Å²) in [6.07, 6.45) is 3.77. The molecule has 0 aliphatic rings. The van der Waals surface area contributed by atoms with Crippen LogP contribution in [0.3, 0.4) is 0 Å².